The molecule has 1 fully saturated rings. The Morgan fingerprint density at radius 3 is 2.43 bits per heavy atom. The van der Waals surface area contributed by atoms with Gasteiger partial charge in [-0.1, -0.05) is 6.92 Å². The molecule has 0 aromatic heterocycles. The van der Waals surface area contributed by atoms with E-state index in [2.05, 4.69) is 0 Å². The molecule has 5 nitrogen and oxygen atoms in total. The van der Waals surface area contributed by atoms with Crippen LogP contribution in [0.5, 0.6) is 0 Å². The van der Waals surface area contributed by atoms with Gasteiger partial charge in [-0.2, -0.15) is 0 Å². The van der Waals surface area contributed by atoms with Gasteiger partial charge in [0, 0.05) is 27.9 Å². The van der Waals surface area contributed by atoms with Crippen molar-refractivity contribution < 1.29 is 13.3 Å². The van der Waals surface area contributed by atoms with E-state index in [1.54, 1.807) is 6.92 Å². The average Bonchev–Trinajstić information content (AvgIpc) is 2.02. The smallest absolute Gasteiger partial charge is 0.235 e. The zero-order valence-corrected chi connectivity index (χ0v) is 9.29. The first kappa shape index (κ1) is 11.7. The van der Waals surface area contributed by atoms with Crippen LogP contribution in [0.25, 0.3) is 0 Å². The second-order valence-electron chi connectivity index (χ2n) is 3.74. The molecule has 0 bridgehead atoms. The van der Waals surface area contributed by atoms with Crippen molar-refractivity contribution in [3.63, 3.8) is 0 Å². The van der Waals surface area contributed by atoms with E-state index in [0.29, 0.717) is 12.8 Å². The highest BCUT2D eigenvalue weighted by atomic mass is 35.7. The summed E-state index contributed by atoms with van der Waals surface area (Å²) in [6.45, 7) is 1.77. The highest BCUT2D eigenvalue weighted by Crippen LogP contribution is 2.31. The molecule has 0 amide bonds. The molecular weight excluding hydrogens is 230 g/mol. The lowest BCUT2D eigenvalue weighted by Crippen LogP contribution is -2.38. The fraction of sp³-hybridized carbons (Fsp3) is 1.00. The lowest BCUT2D eigenvalue weighted by Gasteiger charge is -2.26. The second kappa shape index (κ2) is 4.02. The highest BCUT2D eigenvalue weighted by molar-refractivity contribution is 8.14. The molecular formula is C7H12ClNO4S. The summed E-state index contributed by atoms with van der Waals surface area (Å²) in [5.74, 6) is -0.0698. The van der Waals surface area contributed by atoms with Gasteiger partial charge in [0.15, 0.2) is 0 Å². The largest absolute Gasteiger partial charge is 0.264 e. The zero-order valence-electron chi connectivity index (χ0n) is 7.72. The van der Waals surface area contributed by atoms with Gasteiger partial charge in [0.1, 0.15) is 0 Å². The van der Waals surface area contributed by atoms with Crippen LogP contribution in [-0.4, -0.2) is 24.6 Å². The molecule has 0 saturated heterocycles. The van der Waals surface area contributed by atoms with Crippen molar-refractivity contribution in [2.24, 2.45) is 5.92 Å². The van der Waals surface area contributed by atoms with Crippen LogP contribution in [0.1, 0.15) is 26.2 Å². The zero-order chi connectivity index (χ0) is 10.9. The first-order chi connectivity index (χ1) is 6.32. The fourth-order valence-electron chi connectivity index (χ4n) is 1.81. The minimum absolute atomic E-state index is 0.0417. The van der Waals surface area contributed by atoms with Gasteiger partial charge >= 0.3 is 0 Å². The summed E-state index contributed by atoms with van der Waals surface area (Å²) in [6, 6.07) is -0.776. The average molecular weight is 242 g/mol. The van der Waals surface area contributed by atoms with Gasteiger partial charge in [-0.15, -0.1) is 0 Å². The minimum Gasteiger partial charge on any atom is -0.264 e. The number of nitro groups is 1. The molecule has 0 aromatic rings. The summed E-state index contributed by atoms with van der Waals surface area (Å²) in [5, 5.41) is 9.85. The molecule has 0 aromatic carbocycles. The standard InChI is InChI=1S/C7H12ClNO4S/c1-5-2-3-6(14(8,12)13)4-7(5)9(10)11/h5-7H,2-4H2,1H3. The number of halogens is 1. The van der Waals surface area contributed by atoms with Crippen molar-refractivity contribution in [1.29, 1.82) is 0 Å². The molecule has 1 aliphatic rings. The van der Waals surface area contributed by atoms with Crippen molar-refractivity contribution in [3.8, 4) is 0 Å². The Hall–Kier alpha value is -0.360. The van der Waals surface area contributed by atoms with E-state index in [1.165, 1.54) is 0 Å². The van der Waals surface area contributed by atoms with Crippen LogP contribution < -0.4 is 0 Å². The Morgan fingerprint density at radius 1 is 1.43 bits per heavy atom. The fourth-order valence-corrected chi connectivity index (χ4v) is 3.14. The lowest BCUT2D eigenvalue weighted by atomic mass is 9.86. The monoisotopic (exact) mass is 241 g/mol. The summed E-state index contributed by atoms with van der Waals surface area (Å²) in [7, 11) is 1.53. The molecule has 3 atom stereocenters. The Labute approximate surface area is 87.0 Å². The number of rotatable bonds is 2. The highest BCUT2D eigenvalue weighted by Gasteiger charge is 2.40. The Kier molecular flexibility index (Phi) is 3.36. The van der Waals surface area contributed by atoms with Crippen molar-refractivity contribution in [2.45, 2.75) is 37.5 Å². The predicted molar refractivity (Wildman–Crippen MR) is 52.4 cm³/mol. The van der Waals surface area contributed by atoms with Crippen molar-refractivity contribution in [1.82, 2.24) is 0 Å². The van der Waals surface area contributed by atoms with E-state index in [4.69, 9.17) is 10.7 Å². The predicted octanol–water partition coefficient (Wildman–Crippen LogP) is 1.39. The Bertz CT molecular complexity index is 329. The topological polar surface area (TPSA) is 77.3 Å². The van der Waals surface area contributed by atoms with E-state index < -0.39 is 25.3 Å². The van der Waals surface area contributed by atoms with Gasteiger partial charge in [-0.3, -0.25) is 10.1 Å². The summed E-state index contributed by atoms with van der Waals surface area (Å²) in [5.41, 5.74) is 0. The number of nitrogens with zero attached hydrogens (tertiary/aromatic N) is 1. The third kappa shape index (κ3) is 2.57. The molecule has 1 aliphatic carbocycles. The van der Waals surface area contributed by atoms with Crippen molar-refractivity contribution >= 4 is 19.7 Å². The molecule has 0 radical (unpaired) electrons. The van der Waals surface area contributed by atoms with Gasteiger partial charge in [0.25, 0.3) is 0 Å². The first-order valence-electron chi connectivity index (χ1n) is 4.39. The van der Waals surface area contributed by atoms with Crippen LogP contribution in [0.2, 0.25) is 0 Å². The van der Waals surface area contributed by atoms with Gasteiger partial charge in [0.05, 0.1) is 5.25 Å². The molecule has 3 unspecified atom stereocenters. The quantitative estimate of drug-likeness (QED) is 0.416. The molecule has 82 valence electrons. The first-order valence-corrected chi connectivity index (χ1v) is 6.76. The van der Waals surface area contributed by atoms with Crippen molar-refractivity contribution in [3.05, 3.63) is 10.1 Å². The molecule has 1 saturated carbocycles. The Morgan fingerprint density at radius 2 is 2.00 bits per heavy atom. The van der Waals surface area contributed by atoms with Crippen LogP contribution >= 0.6 is 10.7 Å². The van der Waals surface area contributed by atoms with Gasteiger partial charge in [-0.05, 0) is 12.8 Å². The van der Waals surface area contributed by atoms with E-state index in [1.807, 2.05) is 0 Å². The van der Waals surface area contributed by atoms with Crippen LogP contribution in [0.15, 0.2) is 0 Å². The van der Waals surface area contributed by atoms with Gasteiger partial charge in [-0.25, -0.2) is 8.42 Å². The summed E-state index contributed by atoms with van der Waals surface area (Å²) < 4.78 is 22.0. The molecule has 0 aliphatic heterocycles. The molecule has 1 rings (SSSR count). The summed E-state index contributed by atoms with van der Waals surface area (Å²) >= 11 is 0. The van der Waals surface area contributed by atoms with E-state index in [-0.39, 0.29) is 12.3 Å². The van der Waals surface area contributed by atoms with Crippen LogP contribution in [0.3, 0.4) is 0 Å². The molecule has 14 heavy (non-hydrogen) atoms. The van der Waals surface area contributed by atoms with E-state index in [0.717, 1.165) is 0 Å². The molecule has 7 heteroatoms. The van der Waals surface area contributed by atoms with Crippen LogP contribution in [0.4, 0.5) is 0 Å². The number of hydrogen-bond acceptors (Lipinski definition) is 4. The third-order valence-electron chi connectivity index (χ3n) is 2.77. The normalized spacial score (nSPS) is 34.0. The maximum absolute atomic E-state index is 11.0. The molecule has 0 spiro atoms. The van der Waals surface area contributed by atoms with Gasteiger partial charge in [0.2, 0.25) is 15.1 Å². The summed E-state index contributed by atoms with van der Waals surface area (Å²) in [4.78, 5) is 10.2. The SMILES string of the molecule is CC1CCC(S(=O)(=O)Cl)CC1[N+](=O)[O-]. The van der Waals surface area contributed by atoms with Crippen LogP contribution in [0, 0.1) is 16.0 Å². The van der Waals surface area contributed by atoms with E-state index in [9.17, 15) is 18.5 Å². The maximum atomic E-state index is 11.0. The molecule has 0 heterocycles. The second-order valence-corrected chi connectivity index (χ2v) is 6.65. The minimum atomic E-state index is -3.65. The third-order valence-corrected chi connectivity index (χ3v) is 4.75. The van der Waals surface area contributed by atoms with Crippen molar-refractivity contribution in [2.75, 3.05) is 0 Å². The molecule has 0 N–H and O–H groups in total. The van der Waals surface area contributed by atoms with Crippen LogP contribution in [-0.2, 0) is 9.05 Å². The Balaban J connectivity index is 2.77. The number of hydrogen-bond donors (Lipinski definition) is 0. The maximum Gasteiger partial charge on any atom is 0.235 e. The van der Waals surface area contributed by atoms with Gasteiger partial charge < -0.3 is 0 Å². The summed E-state index contributed by atoms with van der Waals surface area (Å²) in [6.07, 6.45) is 1.01. The lowest BCUT2D eigenvalue weighted by molar-refractivity contribution is -0.534. The van der Waals surface area contributed by atoms with E-state index >= 15 is 0 Å².